The number of hydrogen-bond acceptors (Lipinski definition) is 5. The maximum Gasteiger partial charge on any atom is 0.413 e. The molecule has 0 unspecified atom stereocenters. The molecule has 0 aliphatic carbocycles. The lowest BCUT2D eigenvalue weighted by Gasteiger charge is -2.22. The van der Waals surface area contributed by atoms with E-state index in [1.54, 1.807) is 26.1 Å². The average Bonchev–Trinajstić information content (AvgIpc) is 2.49. The fourth-order valence-corrected chi connectivity index (χ4v) is 1.89. The smallest absolute Gasteiger partial charge is 0.413 e. The minimum Gasteiger partial charge on any atom is -0.453 e. The normalized spacial score (nSPS) is 11.7. The van der Waals surface area contributed by atoms with Gasteiger partial charge in [0.1, 0.15) is 0 Å². The summed E-state index contributed by atoms with van der Waals surface area (Å²) in [6.45, 7) is 1.50. The molecule has 0 aliphatic heterocycles. The van der Waals surface area contributed by atoms with E-state index in [1.807, 2.05) is 5.32 Å². The van der Waals surface area contributed by atoms with E-state index in [9.17, 15) is 14.4 Å². The molecule has 0 bridgehead atoms. The van der Waals surface area contributed by atoms with Gasteiger partial charge in [0, 0.05) is 5.69 Å². The minimum atomic E-state index is -0.851. The maximum atomic E-state index is 12.0. The third-order valence-corrected chi connectivity index (χ3v) is 3.79. The van der Waals surface area contributed by atoms with Crippen LogP contribution in [0, 0.1) is 0 Å². The molecule has 2 N–H and O–H groups in total. The number of nitrogens with zero attached hydrogens (tertiary/aromatic N) is 1. The molecule has 0 spiro atoms. The van der Waals surface area contributed by atoms with E-state index >= 15 is 0 Å². The molecule has 0 heterocycles. The van der Waals surface area contributed by atoms with Crippen molar-refractivity contribution in [2.24, 2.45) is 0 Å². The van der Waals surface area contributed by atoms with Crippen molar-refractivity contribution in [3.05, 3.63) is 28.2 Å². The Morgan fingerprint density at radius 3 is 2.48 bits per heavy atom. The molecule has 0 aliphatic rings. The molecule has 1 rings (SSSR count). The Labute approximate surface area is 143 Å². The Morgan fingerprint density at radius 2 is 1.91 bits per heavy atom. The van der Waals surface area contributed by atoms with E-state index in [1.165, 1.54) is 11.0 Å². The summed E-state index contributed by atoms with van der Waals surface area (Å²) in [7, 11) is 2.73. The van der Waals surface area contributed by atoms with Gasteiger partial charge in [-0.3, -0.25) is 19.8 Å². The second-order valence-corrected chi connectivity index (χ2v) is 5.56. The summed E-state index contributed by atoms with van der Waals surface area (Å²) in [5.41, 5.74) is 0.490. The number of hydrogen-bond donors (Lipinski definition) is 2. The molecular formula is C14H17Cl2N3O4. The number of alkyl carbamates (subject to hydrolysis) is 1. The van der Waals surface area contributed by atoms with Gasteiger partial charge in [-0.25, -0.2) is 4.79 Å². The first-order valence-electron chi connectivity index (χ1n) is 6.58. The minimum absolute atomic E-state index is 0.0595. The summed E-state index contributed by atoms with van der Waals surface area (Å²) in [6.07, 6.45) is -0.851. The first-order valence-corrected chi connectivity index (χ1v) is 7.34. The quantitative estimate of drug-likeness (QED) is 0.838. The highest BCUT2D eigenvalue weighted by Crippen LogP contribution is 2.24. The van der Waals surface area contributed by atoms with Crippen LogP contribution in [0.25, 0.3) is 0 Å². The van der Waals surface area contributed by atoms with Crippen LogP contribution in [0.1, 0.15) is 6.92 Å². The van der Waals surface area contributed by atoms with Crippen molar-refractivity contribution in [2.45, 2.75) is 13.0 Å². The number of carbonyl (C=O) groups is 3. The van der Waals surface area contributed by atoms with Gasteiger partial charge in [-0.2, -0.15) is 0 Å². The Balaban J connectivity index is 2.56. The van der Waals surface area contributed by atoms with Crippen LogP contribution in [0.3, 0.4) is 0 Å². The van der Waals surface area contributed by atoms with E-state index in [2.05, 4.69) is 10.1 Å². The van der Waals surface area contributed by atoms with Crippen LogP contribution in [-0.4, -0.2) is 49.6 Å². The van der Waals surface area contributed by atoms with Gasteiger partial charge >= 0.3 is 6.09 Å². The van der Waals surface area contributed by atoms with Gasteiger partial charge in [-0.1, -0.05) is 23.2 Å². The van der Waals surface area contributed by atoms with Crippen LogP contribution in [0.4, 0.5) is 10.5 Å². The summed E-state index contributed by atoms with van der Waals surface area (Å²) in [5, 5.41) is 5.39. The predicted molar refractivity (Wildman–Crippen MR) is 87.7 cm³/mol. The van der Waals surface area contributed by atoms with E-state index in [4.69, 9.17) is 23.2 Å². The lowest BCUT2D eigenvalue weighted by Crippen LogP contribution is -2.47. The van der Waals surface area contributed by atoms with E-state index in [0.29, 0.717) is 15.7 Å². The lowest BCUT2D eigenvalue weighted by molar-refractivity contribution is -0.125. The predicted octanol–water partition coefficient (Wildman–Crippen LogP) is 2.13. The first kappa shape index (κ1) is 19.2. The van der Waals surface area contributed by atoms with Crippen molar-refractivity contribution in [3.63, 3.8) is 0 Å². The molecule has 0 saturated heterocycles. The molecule has 0 radical (unpaired) electrons. The highest BCUT2D eigenvalue weighted by Gasteiger charge is 2.22. The summed E-state index contributed by atoms with van der Waals surface area (Å²) in [5.74, 6) is -0.912. The number of methoxy groups -OCH3 is 1. The monoisotopic (exact) mass is 361 g/mol. The maximum absolute atomic E-state index is 12.0. The van der Waals surface area contributed by atoms with Crippen LogP contribution in [0.5, 0.6) is 0 Å². The van der Waals surface area contributed by atoms with Gasteiger partial charge in [0.05, 0.1) is 29.7 Å². The summed E-state index contributed by atoms with van der Waals surface area (Å²) < 4.78 is 4.34. The Bertz CT molecular complexity index is 610. The van der Waals surface area contributed by atoms with Crippen molar-refractivity contribution in [2.75, 3.05) is 26.0 Å². The Kier molecular flexibility index (Phi) is 7.28. The van der Waals surface area contributed by atoms with Crippen molar-refractivity contribution in [3.8, 4) is 0 Å². The van der Waals surface area contributed by atoms with Gasteiger partial charge in [-0.05, 0) is 32.2 Å². The summed E-state index contributed by atoms with van der Waals surface area (Å²) in [6, 6.07) is 4.00. The molecule has 0 saturated carbocycles. The fourth-order valence-electron chi connectivity index (χ4n) is 1.59. The van der Waals surface area contributed by atoms with Crippen molar-refractivity contribution >= 4 is 46.8 Å². The van der Waals surface area contributed by atoms with Gasteiger partial charge in [0.15, 0.2) is 0 Å². The first-order chi connectivity index (χ1) is 10.7. The molecule has 23 heavy (non-hydrogen) atoms. The van der Waals surface area contributed by atoms with E-state index < -0.39 is 18.0 Å². The number of nitrogens with one attached hydrogen (secondary N) is 2. The third-order valence-electron chi connectivity index (χ3n) is 3.05. The second kappa shape index (κ2) is 8.71. The molecule has 9 heteroatoms. The van der Waals surface area contributed by atoms with Crippen molar-refractivity contribution in [1.82, 2.24) is 10.2 Å². The third kappa shape index (κ3) is 6.05. The molecule has 3 amide bonds. The van der Waals surface area contributed by atoms with Gasteiger partial charge in [0.2, 0.25) is 11.8 Å². The molecule has 0 aromatic heterocycles. The number of imide groups is 1. The zero-order chi connectivity index (χ0) is 17.6. The van der Waals surface area contributed by atoms with Crippen LogP contribution in [0.2, 0.25) is 10.0 Å². The van der Waals surface area contributed by atoms with Crippen LogP contribution < -0.4 is 10.6 Å². The number of carbonyl (C=O) groups excluding carboxylic acids is 3. The number of likely N-dealkylation sites (N-methyl/N-ethyl adjacent to an activating group) is 1. The van der Waals surface area contributed by atoms with Crippen LogP contribution in [0.15, 0.2) is 18.2 Å². The van der Waals surface area contributed by atoms with Gasteiger partial charge in [0.25, 0.3) is 0 Å². The Hall–Kier alpha value is -1.83. The average molecular weight is 362 g/mol. The SMILES string of the molecule is COC(=O)NC(=O)[C@H](C)N(C)CC(=O)Nc1ccc(Cl)c(Cl)c1. The van der Waals surface area contributed by atoms with Crippen LogP contribution >= 0.6 is 23.2 Å². The van der Waals surface area contributed by atoms with Gasteiger partial charge < -0.3 is 10.1 Å². The fraction of sp³-hybridized carbons (Fsp3) is 0.357. The topological polar surface area (TPSA) is 87.7 Å². The number of anilines is 1. The molecule has 1 aromatic rings. The van der Waals surface area contributed by atoms with Crippen molar-refractivity contribution < 1.29 is 19.1 Å². The van der Waals surface area contributed by atoms with Crippen LogP contribution in [-0.2, 0) is 14.3 Å². The zero-order valence-corrected chi connectivity index (χ0v) is 14.4. The molecule has 1 aromatic carbocycles. The number of ether oxygens (including phenoxy) is 1. The number of halogens is 2. The number of amides is 3. The summed E-state index contributed by atoms with van der Waals surface area (Å²) >= 11 is 11.7. The largest absolute Gasteiger partial charge is 0.453 e. The summed E-state index contributed by atoms with van der Waals surface area (Å²) in [4.78, 5) is 36.2. The van der Waals surface area contributed by atoms with E-state index in [-0.39, 0.29) is 12.5 Å². The number of rotatable bonds is 5. The van der Waals surface area contributed by atoms with E-state index in [0.717, 1.165) is 7.11 Å². The highest BCUT2D eigenvalue weighted by atomic mass is 35.5. The zero-order valence-electron chi connectivity index (χ0n) is 12.9. The molecule has 1 atom stereocenters. The van der Waals surface area contributed by atoms with Crippen molar-refractivity contribution in [1.29, 1.82) is 0 Å². The molecular weight excluding hydrogens is 345 g/mol. The standard InChI is InChI=1S/C14H17Cl2N3O4/c1-8(13(21)18-14(22)23-3)19(2)7-12(20)17-9-4-5-10(15)11(16)6-9/h4-6,8H,7H2,1-3H3,(H,17,20)(H,18,21,22)/t8-/m0/s1. The highest BCUT2D eigenvalue weighted by molar-refractivity contribution is 6.42. The molecule has 7 nitrogen and oxygen atoms in total. The lowest BCUT2D eigenvalue weighted by atomic mass is 10.2. The Morgan fingerprint density at radius 1 is 1.26 bits per heavy atom. The second-order valence-electron chi connectivity index (χ2n) is 4.75. The number of benzene rings is 1. The molecule has 126 valence electrons. The van der Waals surface area contributed by atoms with Gasteiger partial charge in [-0.15, -0.1) is 0 Å². The molecule has 0 fully saturated rings.